The molecule has 0 unspecified atom stereocenters. The van der Waals surface area contributed by atoms with Gasteiger partial charge in [-0.1, -0.05) is 29.8 Å². The Morgan fingerprint density at radius 3 is 2.64 bits per heavy atom. The van der Waals surface area contributed by atoms with Crippen molar-refractivity contribution in [3.8, 4) is 0 Å². The summed E-state index contributed by atoms with van der Waals surface area (Å²) in [6, 6.07) is 12.2. The van der Waals surface area contributed by atoms with Crippen molar-refractivity contribution in [1.82, 2.24) is 5.32 Å². The van der Waals surface area contributed by atoms with Gasteiger partial charge in [0.15, 0.2) is 0 Å². The molecule has 2 rings (SSSR count). The summed E-state index contributed by atoms with van der Waals surface area (Å²) in [5.41, 5.74) is 1.13. The van der Waals surface area contributed by atoms with E-state index in [2.05, 4.69) is 10.6 Å². The summed E-state index contributed by atoms with van der Waals surface area (Å²) < 4.78 is 0. The Morgan fingerprint density at radius 1 is 1.23 bits per heavy atom. The van der Waals surface area contributed by atoms with E-state index < -0.39 is 11.0 Å². The molecule has 0 saturated carbocycles. The lowest BCUT2D eigenvalue weighted by molar-refractivity contribution is -0.384. The van der Waals surface area contributed by atoms with Gasteiger partial charge in [-0.15, -0.1) is 0 Å². The summed E-state index contributed by atoms with van der Waals surface area (Å²) in [6.45, 7) is 1.82. The molecule has 2 aromatic carbocycles. The highest BCUT2D eigenvalue weighted by Gasteiger charge is 2.11. The van der Waals surface area contributed by atoms with Gasteiger partial charge in [0.2, 0.25) is 0 Å². The fourth-order valence-electron chi connectivity index (χ4n) is 1.92. The largest absolute Gasteiger partial charge is 0.331 e. The van der Waals surface area contributed by atoms with Crippen LogP contribution in [0.4, 0.5) is 16.2 Å². The number of halogens is 1. The van der Waals surface area contributed by atoms with Gasteiger partial charge < -0.3 is 10.6 Å². The molecular formula is C15H14ClN3O3. The predicted octanol–water partition coefficient (Wildman–Crippen LogP) is 4.13. The van der Waals surface area contributed by atoms with Crippen molar-refractivity contribution in [2.24, 2.45) is 0 Å². The monoisotopic (exact) mass is 319 g/mol. The quantitative estimate of drug-likeness (QED) is 0.656. The standard InChI is InChI=1S/C15H14ClN3O3/c1-10(11-4-2-5-12(16)8-11)17-15(20)18-13-6-3-7-14(9-13)19(21)22/h2-10H,1H3,(H2,17,18,20)/t10-/m1/s1. The van der Waals surface area contributed by atoms with E-state index in [-0.39, 0.29) is 11.7 Å². The first-order valence-corrected chi connectivity index (χ1v) is 6.91. The Labute approximate surface area is 132 Å². The molecule has 0 aromatic heterocycles. The number of amides is 2. The first-order chi connectivity index (χ1) is 10.5. The Hall–Kier alpha value is -2.60. The van der Waals surface area contributed by atoms with E-state index in [1.807, 2.05) is 13.0 Å². The van der Waals surface area contributed by atoms with Crippen LogP contribution in [0.5, 0.6) is 0 Å². The summed E-state index contributed by atoms with van der Waals surface area (Å²) in [5.74, 6) is 0. The molecule has 0 spiro atoms. The first-order valence-electron chi connectivity index (χ1n) is 6.53. The zero-order valence-electron chi connectivity index (χ0n) is 11.7. The molecule has 114 valence electrons. The maximum atomic E-state index is 11.9. The Morgan fingerprint density at radius 2 is 1.95 bits per heavy atom. The first kappa shape index (κ1) is 15.8. The third-order valence-corrected chi connectivity index (χ3v) is 3.25. The van der Waals surface area contributed by atoms with Gasteiger partial charge in [-0.3, -0.25) is 10.1 Å². The fraction of sp³-hybridized carbons (Fsp3) is 0.133. The Kier molecular flexibility index (Phi) is 4.95. The van der Waals surface area contributed by atoms with Crippen LogP contribution in [0.2, 0.25) is 5.02 Å². The van der Waals surface area contributed by atoms with Gasteiger partial charge in [-0.25, -0.2) is 4.79 Å². The number of carbonyl (C=O) groups excluding carboxylic acids is 1. The molecule has 7 heteroatoms. The number of rotatable bonds is 4. The molecule has 0 aliphatic rings. The average molecular weight is 320 g/mol. The van der Waals surface area contributed by atoms with E-state index in [9.17, 15) is 14.9 Å². The number of nitro benzene ring substituents is 1. The number of urea groups is 1. The summed E-state index contributed by atoms with van der Waals surface area (Å²) in [6.07, 6.45) is 0. The second kappa shape index (κ2) is 6.91. The second-order valence-corrected chi connectivity index (χ2v) is 5.12. The van der Waals surface area contributed by atoms with E-state index >= 15 is 0 Å². The maximum Gasteiger partial charge on any atom is 0.319 e. The Balaban J connectivity index is 2.01. The molecule has 0 heterocycles. The lowest BCUT2D eigenvalue weighted by atomic mass is 10.1. The summed E-state index contributed by atoms with van der Waals surface area (Å²) in [5, 5.41) is 16.6. The van der Waals surface area contributed by atoms with Gasteiger partial charge in [0.05, 0.1) is 11.0 Å². The minimum atomic E-state index is -0.516. The van der Waals surface area contributed by atoms with Gasteiger partial charge in [0.1, 0.15) is 0 Å². The number of hydrogen-bond donors (Lipinski definition) is 2. The van der Waals surface area contributed by atoms with Crippen molar-refractivity contribution in [2.75, 3.05) is 5.32 Å². The minimum absolute atomic E-state index is 0.0827. The van der Waals surface area contributed by atoms with Gasteiger partial charge in [-0.2, -0.15) is 0 Å². The summed E-state index contributed by atoms with van der Waals surface area (Å²) in [4.78, 5) is 22.1. The van der Waals surface area contributed by atoms with Crippen LogP contribution < -0.4 is 10.6 Å². The normalized spacial score (nSPS) is 11.5. The van der Waals surface area contributed by atoms with Gasteiger partial charge >= 0.3 is 6.03 Å². The van der Waals surface area contributed by atoms with Crippen LogP contribution in [0.3, 0.4) is 0 Å². The van der Waals surface area contributed by atoms with Crippen LogP contribution in [0.1, 0.15) is 18.5 Å². The number of nitrogens with zero attached hydrogens (tertiary/aromatic N) is 1. The van der Waals surface area contributed by atoms with Gasteiger partial charge in [0.25, 0.3) is 5.69 Å². The third-order valence-electron chi connectivity index (χ3n) is 3.01. The molecule has 0 saturated heterocycles. The molecule has 2 aromatic rings. The maximum absolute atomic E-state index is 11.9. The minimum Gasteiger partial charge on any atom is -0.331 e. The van der Waals surface area contributed by atoms with Gasteiger partial charge in [0, 0.05) is 22.8 Å². The molecule has 0 fully saturated rings. The zero-order valence-corrected chi connectivity index (χ0v) is 12.5. The molecule has 1 atom stereocenters. The van der Waals surface area contributed by atoms with Crippen molar-refractivity contribution in [3.63, 3.8) is 0 Å². The van der Waals surface area contributed by atoms with Crippen molar-refractivity contribution in [3.05, 3.63) is 69.2 Å². The number of non-ortho nitro benzene ring substituents is 1. The molecule has 2 amide bonds. The number of carbonyl (C=O) groups is 1. The molecule has 0 aliphatic carbocycles. The Bertz CT molecular complexity index is 706. The molecule has 2 N–H and O–H groups in total. The molecular weight excluding hydrogens is 306 g/mol. The lowest BCUT2D eigenvalue weighted by Crippen LogP contribution is -2.31. The van der Waals surface area contributed by atoms with Crippen LogP contribution in [0.25, 0.3) is 0 Å². The smallest absolute Gasteiger partial charge is 0.319 e. The van der Waals surface area contributed by atoms with Gasteiger partial charge in [-0.05, 0) is 30.7 Å². The SMILES string of the molecule is C[C@@H](NC(=O)Nc1cccc([N+](=O)[O-])c1)c1cccc(Cl)c1. The molecule has 0 aliphatic heterocycles. The van der Waals surface area contributed by atoms with Crippen molar-refractivity contribution >= 4 is 29.0 Å². The van der Waals surface area contributed by atoms with Crippen LogP contribution in [-0.2, 0) is 0 Å². The van der Waals surface area contributed by atoms with Crippen LogP contribution in [-0.4, -0.2) is 11.0 Å². The third kappa shape index (κ3) is 4.20. The summed E-state index contributed by atoms with van der Waals surface area (Å²) >= 11 is 5.91. The second-order valence-electron chi connectivity index (χ2n) is 4.68. The van der Waals surface area contributed by atoms with E-state index in [1.54, 1.807) is 24.3 Å². The van der Waals surface area contributed by atoms with E-state index in [1.165, 1.54) is 18.2 Å². The van der Waals surface area contributed by atoms with Crippen molar-refractivity contribution in [2.45, 2.75) is 13.0 Å². The predicted molar refractivity (Wildman–Crippen MR) is 85.1 cm³/mol. The fourth-order valence-corrected chi connectivity index (χ4v) is 2.12. The van der Waals surface area contributed by atoms with Crippen LogP contribution in [0, 0.1) is 10.1 Å². The molecule has 6 nitrogen and oxygen atoms in total. The zero-order chi connectivity index (χ0) is 16.1. The highest BCUT2D eigenvalue weighted by atomic mass is 35.5. The van der Waals surface area contributed by atoms with E-state index in [4.69, 9.17) is 11.6 Å². The lowest BCUT2D eigenvalue weighted by Gasteiger charge is -2.15. The number of nitro groups is 1. The summed E-state index contributed by atoms with van der Waals surface area (Å²) in [7, 11) is 0. The van der Waals surface area contributed by atoms with E-state index in [0.717, 1.165) is 5.56 Å². The highest BCUT2D eigenvalue weighted by Crippen LogP contribution is 2.19. The number of hydrogen-bond acceptors (Lipinski definition) is 3. The highest BCUT2D eigenvalue weighted by molar-refractivity contribution is 6.30. The number of anilines is 1. The van der Waals surface area contributed by atoms with E-state index in [0.29, 0.717) is 10.7 Å². The van der Waals surface area contributed by atoms with Crippen molar-refractivity contribution < 1.29 is 9.72 Å². The van der Waals surface area contributed by atoms with Crippen molar-refractivity contribution in [1.29, 1.82) is 0 Å². The molecule has 22 heavy (non-hydrogen) atoms. The van der Waals surface area contributed by atoms with Crippen LogP contribution in [0.15, 0.2) is 48.5 Å². The number of nitrogens with one attached hydrogen (secondary N) is 2. The number of benzene rings is 2. The average Bonchev–Trinajstić information content (AvgIpc) is 2.47. The topological polar surface area (TPSA) is 84.3 Å². The van der Waals surface area contributed by atoms with Crippen LogP contribution >= 0.6 is 11.6 Å². The molecule has 0 bridgehead atoms. The molecule has 0 radical (unpaired) electrons.